The molecule has 1 unspecified atom stereocenters. The summed E-state index contributed by atoms with van der Waals surface area (Å²) in [6.07, 6.45) is -0.775. The van der Waals surface area contributed by atoms with Crippen LogP contribution in [0.25, 0.3) is 0 Å². The van der Waals surface area contributed by atoms with Crippen molar-refractivity contribution in [1.82, 2.24) is 0 Å². The van der Waals surface area contributed by atoms with E-state index >= 15 is 0 Å². The molecule has 1 aromatic carbocycles. The van der Waals surface area contributed by atoms with Gasteiger partial charge in [0.05, 0.1) is 4.92 Å². The molecular formula is C10H10ClNO4. The van der Waals surface area contributed by atoms with Crippen LogP contribution in [-0.2, 0) is 4.79 Å². The van der Waals surface area contributed by atoms with Crippen LogP contribution in [0.4, 0.5) is 5.69 Å². The molecule has 6 heteroatoms. The van der Waals surface area contributed by atoms with Gasteiger partial charge < -0.3 is 4.74 Å². The van der Waals surface area contributed by atoms with Crippen molar-refractivity contribution in [3.05, 3.63) is 33.9 Å². The third-order valence-electron chi connectivity index (χ3n) is 2.00. The molecule has 0 bridgehead atoms. The van der Waals surface area contributed by atoms with Crippen molar-refractivity contribution in [3.63, 3.8) is 0 Å². The number of hydrogen-bond acceptors (Lipinski definition) is 4. The van der Waals surface area contributed by atoms with E-state index in [1.54, 1.807) is 6.92 Å². The van der Waals surface area contributed by atoms with Crippen LogP contribution in [0.15, 0.2) is 18.2 Å². The molecular weight excluding hydrogens is 234 g/mol. The molecule has 0 radical (unpaired) electrons. The number of aryl methyl sites for hydroxylation is 1. The summed E-state index contributed by atoms with van der Waals surface area (Å²) in [6.45, 7) is 3.10. The van der Waals surface area contributed by atoms with Gasteiger partial charge in [0.25, 0.3) is 10.9 Å². The van der Waals surface area contributed by atoms with E-state index in [0.29, 0.717) is 11.3 Å². The Labute approximate surface area is 97.1 Å². The fourth-order valence-corrected chi connectivity index (χ4v) is 1.20. The molecule has 1 atom stereocenters. The Bertz CT molecular complexity index is 433. The van der Waals surface area contributed by atoms with Gasteiger partial charge in [-0.1, -0.05) is 0 Å². The van der Waals surface area contributed by atoms with Crippen molar-refractivity contribution in [2.75, 3.05) is 0 Å². The van der Waals surface area contributed by atoms with Gasteiger partial charge in [0.15, 0.2) is 6.10 Å². The molecule has 0 aliphatic rings. The number of nitro benzene ring substituents is 1. The monoisotopic (exact) mass is 243 g/mol. The highest BCUT2D eigenvalue weighted by molar-refractivity contribution is 6.64. The van der Waals surface area contributed by atoms with E-state index in [0.717, 1.165) is 0 Å². The summed E-state index contributed by atoms with van der Waals surface area (Å²) in [5, 5.41) is 9.94. The lowest BCUT2D eigenvalue weighted by molar-refractivity contribution is -0.385. The van der Waals surface area contributed by atoms with E-state index in [-0.39, 0.29) is 5.69 Å². The molecule has 0 saturated heterocycles. The Morgan fingerprint density at radius 2 is 2.19 bits per heavy atom. The smallest absolute Gasteiger partial charge is 0.272 e. The molecule has 5 nitrogen and oxygen atoms in total. The van der Waals surface area contributed by atoms with Crippen molar-refractivity contribution in [2.24, 2.45) is 0 Å². The highest BCUT2D eigenvalue weighted by Gasteiger charge is 2.14. The van der Waals surface area contributed by atoms with Gasteiger partial charge in [0, 0.05) is 11.6 Å². The minimum absolute atomic E-state index is 0.0113. The second-order valence-corrected chi connectivity index (χ2v) is 3.64. The summed E-state index contributed by atoms with van der Waals surface area (Å²) >= 11 is 5.23. The molecule has 0 aliphatic heterocycles. The zero-order chi connectivity index (χ0) is 12.3. The first-order valence-corrected chi connectivity index (χ1v) is 4.90. The number of nitro groups is 1. The zero-order valence-corrected chi connectivity index (χ0v) is 9.52. The van der Waals surface area contributed by atoms with Gasteiger partial charge in [-0.25, -0.2) is 0 Å². The molecule has 0 aliphatic carbocycles. The topological polar surface area (TPSA) is 69.4 Å². The van der Waals surface area contributed by atoms with Gasteiger partial charge in [-0.2, -0.15) is 0 Å². The van der Waals surface area contributed by atoms with E-state index in [1.165, 1.54) is 25.1 Å². The van der Waals surface area contributed by atoms with Crippen LogP contribution in [0.2, 0.25) is 0 Å². The second-order valence-electron chi connectivity index (χ2n) is 3.27. The van der Waals surface area contributed by atoms with E-state index in [2.05, 4.69) is 0 Å². The highest BCUT2D eigenvalue weighted by atomic mass is 35.5. The average Bonchev–Trinajstić information content (AvgIpc) is 2.16. The fourth-order valence-electron chi connectivity index (χ4n) is 1.16. The molecule has 0 fully saturated rings. The van der Waals surface area contributed by atoms with Gasteiger partial charge in [0.1, 0.15) is 5.75 Å². The summed E-state index contributed by atoms with van der Waals surface area (Å²) in [6, 6.07) is 4.26. The molecule has 1 rings (SSSR count). The fraction of sp³-hybridized carbons (Fsp3) is 0.300. The van der Waals surface area contributed by atoms with E-state index in [4.69, 9.17) is 16.3 Å². The normalized spacial score (nSPS) is 11.9. The highest BCUT2D eigenvalue weighted by Crippen LogP contribution is 2.23. The number of carbonyl (C=O) groups is 1. The van der Waals surface area contributed by atoms with Crippen LogP contribution >= 0.6 is 11.6 Å². The van der Waals surface area contributed by atoms with Crippen molar-refractivity contribution in [3.8, 4) is 5.75 Å². The zero-order valence-electron chi connectivity index (χ0n) is 8.77. The van der Waals surface area contributed by atoms with E-state index < -0.39 is 16.3 Å². The van der Waals surface area contributed by atoms with Gasteiger partial charge in [0.2, 0.25) is 0 Å². The van der Waals surface area contributed by atoms with Crippen LogP contribution in [-0.4, -0.2) is 16.3 Å². The van der Waals surface area contributed by atoms with Gasteiger partial charge >= 0.3 is 0 Å². The Morgan fingerprint density at radius 1 is 1.56 bits per heavy atom. The number of halogens is 1. The number of benzene rings is 1. The molecule has 0 spiro atoms. The standard InChI is InChI=1S/C10H10ClNO4/c1-6-5-8(16-7(2)10(11)13)3-4-9(6)12(14)15/h3-5,7H,1-2H3. The summed E-state index contributed by atoms with van der Waals surface area (Å²) in [4.78, 5) is 20.8. The number of ether oxygens (including phenoxy) is 1. The summed E-state index contributed by atoms with van der Waals surface area (Å²) in [7, 11) is 0. The van der Waals surface area contributed by atoms with Gasteiger partial charge in [-0.05, 0) is 37.6 Å². The van der Waals surface area contributed by atoms with Crippen LogP contribution in [0, 0.1) is 17.0 Å². The van der Waals surface area contributed by atoms with Crippen LogP contribution in [0.1, 0.15) is 12.5 Å². The molecule has 86 valence electrons. The van der Waals surface area contributed by atoms with Crippen LogP contribution < -0.4 is 4.74 Å². The Kier molecular flexibility index (Phi) is 3.84. The van der Waals surface area contributed by atoms with Crippen molar-refractivity contribution in [1.29, 1.82) is 0 Å². The molecule has 0 saturated carbocycles. The molecule has 0 aromatic heterocycles. The number of carbonyl (C=O) groups excluding carboxylic acids is 1. The van der Waals surface area contributed by atoms with E-state index in [1.807, 2.05) is 0 Å². The Morgan fingerprint density at radius 3 is 2.62 bits per heavy atom. The first-order valence-electron chi connectivity index (χ1n) is 4.53. The molecule has 1 aromatic rings. The molecule has 0 N–H and O–H groups in total. The van der Waals surface area contributed by atoms with Crippen molar-refractivity contribution >= 4 is 22.5 Å². The van der Waals surface area contributed by atoms with Gasteiger partial charge in [-0.3, -0.25) is 14.9 Å². The predicted molar refractivity (Wildman–Crippen MR) is 58.8 cm³/mol. The first-order chi connectivity index (χ1) is 7.41. The van der Waals surface area contributed by atoms with Crippen LogP contribution in [0.3, 0.4) is 0 Å². The lowest BCUT2D eigenvalue weighted by atomic mass is 10.2. The summed E-state index contributed by atoms with van der Waals surface area (Å²) < 4.78 is 5.19. The minimum Gasteiger partial charge on any atom is -0.482 e. The van der Waals surface area contributed by atoms with Crippen LogP contribution in [0.5, 0.6) is 5.75 Å². The maximum Gasteiger partial charge on any atom is 0.272 e. The number of nitrogens with zero attached hydrogens (tertiary/aromatic N) is 1. The third kappa shape index (κ3) is 2.93. The largest absolute Gasteiger partial charge is 0.482 e. The molecule has 0 amide bonds. The number of hydrogen-bond donors (Lipinski definition) is 0. The quantitative estimate of drug-likeness (QED) is 0.463. The van der Waals surface area contributed by atoms with Gasteiger partial charge in [-0.15, -0.1) is 0 Å². The number of rotatable bonds is 4. The third-order valence-corrected chi connectivity index (χ3v) is 2.30. The Balaban J connectivity index is 2.89. The first kappa shape index (κ1) is 12.4. The minimum atomic E-state index is -0.775. The maximum atomic E-state index is 10.7. The second kappa shape index (κ2) is 4.94. The molecule has 0 heterocycles. The molecule has 16 heavy (non-hydrogen) atoms. The lowest BCUT2D eigenvalue weighted by Gasteiger charge is -2.10. The van der Waals surface area contributed by atoms with Crippen molar-refractivity contribution < 1.29 is 14.5 Å². The maximum absolute atomic E-state index is 10.7. The van der Waals surface area contributed by atoms with E-state index in [9.17, 15) is 14.9 Å². The predicted octanol–water partition coefficient (Wildman–Crippen LogP) is 2.44. The summed E-state index contributed by atoms with van der Waals surface area (Å²) in [5.41, 5.74) is 0.480. The lowest BCUT2D eigenvalue weighted by Crippen LogP contribution is -2.18. The Hall–Kier alpha value is -1.62. The average molecular weight is 244 g/mol. The summed E-state index contributed by atoms with van der Waals surface area (Å²) in [5.74, 6) is 0.379. The SMILES string of the molecule is Cc1cc(OC(C)C(=O)Cl)ccc1[N+](=O)[O-]. The van der Waals surface area contributed by atoms with Crippen molar-refractivity contribution in [2.45, 2.75) is 20.0 Å².